The van der Waals surface area contributed by atoms with Crippen LogP contribution in [0.15, 0.2) is 23.1 Å². The fourth-order valence-corrected chi connectivity index (χ4v) is 7.85. The molecule has 0 aromatic heterocycles. The summed E-state index contributed by atoms with van der Waals surface area (Å²) >= 11 is 0. The highest BCUT2D eigenvalue weighted by atomic mass is 32.2. The van der Waals surface area contributed by atoms with Crippen LogP contribution in [-0.4, -0.2) is 52.8 Å². The lowest BCUT2D eigenvalue weighted by molar-refractivity contribution is 0.401. The van der Waals surface area contributed by atoms with E-state index in [1.54, 1.807) is 25.1 Å². The van der Waals surface area contributed by atoms with Crippen molar-refractivity contribution in [1.82, 2.24) is 5.32 Å². The van der Waals surface area contributed by atoms with Crippen LogP contribution < -0.4 is 10.1 Å². The third-order valence-electron chi connectivity index (χ3n) is 4.44. The van der Waals surface area contributed by atoms with Crippen molar-refractivity contribution in [3.05, 3.63) is 23.8 Å². The Morgan fingerprint density at radius 1 is 1.33 bits per heavy atom. The van der Waals surface area contributed by atoms with E-state index in [1.807, 2.05) is 13.8 Å². The highest BCUT2D eigenvalue weighted by Crippen LogP contribution is 2.32. The van der Waals surface area contributed by atoms with Crippen molar-refractivity contribution in [2.24, 2.45) is 0 Å². The van der Waals surface area contributed by atoms with E-state index < -0.39 is 31.0 Å². The Kier molecular flexibility index (Phi) is 5.61. The van der Waals surface area contributed by atoms with Crippen LogP contribution in [0.4, 0.5) is 0 Å². The van der Waals surface area contributed by atoms with Crippen LogP contribution >= 0.6 is 0 Å². The average molecular weight is 376 g/mol. The maximum Gasteiger partial charge on any atom is 0.187 e. The van der Waals surface area contributed by atoms with Gasteiger partial charge in [-0.1, -0.05) is 13.0 Å². The Morgan fingerprint density at radius 2 is 2.00 bits per heavy atom. The molecule has 1 aliphatic heterocycles. The number of nitrogens with one attached hydrogen (secondary N) is 1. The number of rotatable bonds is 6. The fourth-order valence-electron chi connectivity index (χ4n) is 2.93. The number of methoxy groups -OCH3 is 1. The summed E-state index contributed by atoms with van der Waals surface area (Å²) < 4.78 is 55.7. The van der Waals surface area contributed by atoms with E-state index in [4.69, 9.17) is 4.74 Å². The number of benzene rings is 1. The third kappa shape index (κ3) is 3.92. The zero-order chi connectivity index (χ0) is 18.1. The second kappa shape index (κ2) is 7.01. The summed E-state index contributed by atoms with van der Waals surface area (Å²) in [4.78, 5) is 0.0584. The fraction of sp³-hybridized carbons (Fsp3) is 0.625. The maximum atomic E-state index is 13.1. The standard InChI is InChI=1S/C16H25NO5S2/c1-5-12(3)17-13-9-23(18,19)10-16(13)24(20,21)15-8-11(2)6-7-14(15)22-4/h6-8,12-13,16-17H,5,9-10H2,1-4H3/t12?,13-,16-/m0/s1. The van der Waals surface area contributed by atoms with E-state index in [-0.39, 0.29) is 28.2 Å². The molecule has 0 saturated carbocycles. The predicted octanol–water partition coefficient (Wildman–Crippen LogP) is 1.33. The van der Waals surface area contributed by atoms with Crippen molar-refractivity contribution in [2.75, 3.05) is 18.6 Å². The minimum Gasteiger partial charge on any atom is -0.495 e. The van der Waals surface area contributed by atoms with Gasteiger partial charge in [0.15, 0.2) is 19.7 Å². The number of aryl methyl sites for hydroxylation is 1. The largest absolute Gasteiger partial charge is 0.495 e. The van der Waals surface area contributed by atoms with Gasteiger partial charge < -0.3 is 10.1 Å². The second-order valence-electron chi connectivity index (χ2n) is 6.40. The van der Waals surface area contributed by atoms with Gasteiger partial charge in [-0.2, -0.15) is 0 Å². The van der Waals surface area contributed by atoms with Gasteiger partial charge in [0.2, 0.25) is 0 Å². The minimum absolute atomic E-state index is 0.0420. The molecule has 6 nitrogen and oxygen atoms in total. The molecule has 1 aromatic carbocycles. The molecule has 0 aliphatic carbocycles. The van der Waals surface area contributed by atoms with Crippen molar-refractivity contribution >= 4 is 19.7 Å². The summed E-state index contributed by atoms with van der Waals surface area (Å²) in [5, 5.41) is 2.16. The molecule has 3 atom stereocenters. The number of ether oxygens (including phenoxy) is 1. The summed E-state index contributed by atoms with van der Waals surface area (Å²) in [5.41, 5.74) is 0.779. The van der Waals surface area contributed by atoms with Gasteiger partial charge in [-0.05, 0) is 38.0 Å². The Hall–Kier alpha value is -1.12. The second-order valence-corrected chi connectivity index (χ2v) is 10.7. The van der Waals surface area contributed by atoms with Gasteiger partial charge >= 0.3 is 0 Å². The summed E-state index contributed by atoms with van der Waals surface area (Å²) in [7, 11) is -5.84. The third-order valence-corrected chi connectivity index (χ3v) is 8.61. The smallest absolute Gasteiger partial charge is 0.187 e. The van der Waals surface area contributed by atoms with E-state index in [0.717, 1.165) is 12.0 Å². The monoisotopic (exact) mass is 375 g/mol. The Bertz CT molecular complexity index is 802. The molecule has 1 unspecified atom stereocenters. The average Bonchev–Trinajstić information content (AvgIpc) is 2.82. The number of hydrogen-bond acceptors (Lipinski definition) is 6. The first-order valence-corrected chi connectivity index (χ1v) is 11.3. The molecule has 1 heterocycles. The van der Waals surface area contributed by atoms with Crippen LogP contribution in [0, 0.1) is 6.92 Å². The van der Waals surface area contributed by atoms with Gasteiger partial charge in [0.05, 0.1) is 23.9 Å². The highest BCUT2D eigenvalue weighted by Gasteiger charge is 2.46. The van der Waals surface area contributed by atoms with Gasteiger partial charge in [0.25, 0.3) is 0 Å². The minimum atomic E-state index is -3.84. The van der Waals surface area contributed by atoms with Crippen LogP contribution in [-0.2, 0) is 19.7 Å². The molecule has 1 aliphatic rings. The molecule has 1 fully saturated rings. The number of sulfone groups is 2. The molecule has 1 aromatic rings. The highest BCUT2D eigenvalue weighted by molar-refractivity contribution is 7.96. The van der Waals surface area contributed by atoms with Crippen LogP contribution in [0.25, 0.3) is 0 Å². The lowest BCUT2D eigenvalue weighted by atomic mass is 10.2. The SMILES string of the molecule is CCC(C)N[C@H]1CS(=O)(=O)C[C@@H]1S(=O)(=O)c1cc(C)ccc1OC. The van der Waals surface area contributed by atoms with E-state index in [2.05, 4.69) is 5.32 Å². The van der Waals surface area contributed by atoms with Crippen LogP contribution in [0.1, 0.15) is 25.8 Å². The normalized spacial score (nSPS) is 24.7. The molecule has 0 spiro atoms. The Labute approximate surface area is 144 Å². The quantitative estimate of drug-likeness (QED) is 0.807. The van der Waals surface area contributed by atoms with Crippen LogP contribution in [0.5, 0.6) is 5.75 Å². The molecule has 24 heavy (non-hydrogen) atoms. The molecule has 2 rings (SSSR count). The first-order valence-electron chi connectivity index (χ1n) is 7.95. The van der Waals surface area contributed by atoms with E-state index >= 15 is 0 Å². The van der Waals surface area contributed by atoms with Gasteiger partial charge in [0, 0.05) is 12.1 Å². The van der Waals surface area contributed by atoms with Crippen molar-refractivity contribution in [3.8, 4) is 5.75 Å². The van der Waals surface area contributed by atoms with E-state index in [0.29, 0.717) is 0 Å². The molecule has 1 saturated heterocycles. The molecule has 136 valence electrons. The molecule has 8 heteroatoms. The maximum absolute atomic E-state index is 13.1. The predicted molar refractivity (Wildman–Crippen MR) is 94.0 cm³/mol. The molecular weight excluding hydrogens is 350 g/mol. The first kappa shape index (κ1) is 19.2. The van der Waals surface area contributed by atoms with E-state index in [1.165, 1.54) is 7.11 Å². The summed E-state index contributed by atoms with van der Waals surface area (Å²) in [6.45, 7) is 5.68. The van der Waals surface area contributed by atoms with Gasteiger partial charge in [-0.3, -0.25) is 0 Å². The number of hydrogen-bond donors (Lipinski definition) is 1. The van der Waals surface area contributed by atoms with Crippen molar-refractivity contribution in [1.29, 1.82) is 0 Å². The van der Waals surface area contributed by atoms with Crippen molar-refractivity contribution in [2.45, 2.75) is 49.4 Å². The molecule has 0 radical (unpaired) electrons. The van der Waals surface area contributed by atoms with Crippen molar-refractivity contribution < 1.29 is 21.6 Å². The topological polar surface area (TPSA) is 89.5 Å². The zero-order valence-electron chi connectivity index (χ0n) is 14.4. The molecule has 0 bridgehead atoms. The molecule has 1 N–H and O–H groups in total. The first-order chi connectivity index (χ1) is 11.1. The van der Waals surface area contributed by atoms with E-state index in [9.17, 15) is 16.8 Å². The van der Waals surface area contributed by atoms with Gasteiger partial charge in [0.1, 0.15) is 10.6 Å². The Morgan fingerprint density at radius 3 is 2.58 bits per heavy atom. The zero-order valence-corrected chi connectivity index (χ0v) is 16.1. The van der Waals surface area contributed by atoms with Crippen LogP contribution in [0.3, 0.4) is 0 Å². The summed E-state index contributed by atoms with van der Waals surface area (Å²) in [6.07, 6.45) is 0.789. The lowest BCUT2D eigenvalue weighted by Crippen LogP contribution is -2.46. The molecule has 0 amide bonds. The van der Waals surface area contributed by atoms with Crippen LogP contribution in [0.2, 0.25) is 0 Å². The summed E-state index contributed by atoms with van der Waals surface area (Å²) in [5.74, 6) is -0.275. The lowest BCUT2D eigenvalue weighted by Gasteiger charge is -2.24. The Balaban J connectivity index is 2.48. The van der Waals surface area contributed by atoms with Gasteiger partial charge in [-0.25, -0.2) is 16.8 Å². The molecular formula is C16H25NO5S2. The summed E-state index contributed by atoms with van der Waals surface area (Å²) in [6, 6.07) is 4.33. The van der Waals surface area contributed by atoms with Crippen molar-refractivity contribution in [3.63, 3.8) is 0 Å². The van der Waals surface area contributed by atoms with Gasteiger partial charge in [-0.15, -0.1) is 0 Å².